The molecule has 0 saturated heterocycles. The molecule has 10 heteroatoms. The van der Waals surface area contributed by atoms with E-state index in [2.05, 4.69) is 20.4 Å². The molecule has 2 N–H and O–H groups in total. The first-order chi connectivity index (χ1) is 16.5. The molecule has 9 nitrogen and oxygen atoms in total. The second kappa shape index (κ2) is 10.4. The topological polar surface area (TPSA) is 111 Å². The van der Waals surface area contributed by atoms with Crippen molar-refractivity contribution in [3.05, 3.63) is 70.1 Å². The van der Waals surface area contributed by atoms with Crippen LogP contribution < -0.4 is 20.3 Å². The summed E-state index contributed by atoms with van der Waals surface area (Å²) in [6.07, 6.45) is 2.14. The third-order valence-corrected chi connectivity index (χ3v) is 6.09. The van der Waals surface area contributed by atoms with E-state index in [1.54, 1.807) is 18.9 Å². The van der Waals surface area contributed by atoms with Gasteiger partial charge in [-0.25, -0.2) is 9.67 Å². The first kappa shape index (κ1) is 23.4. The molecule has 0 spiro atoms. The van der Waals surface area contributed by atoms with Crippen LogP contribution in [0.5, 0.6) is 11.5 Å². The number of fused-ring (bicyclic) bond motifs is 1. The minimum absolute atomic E-state index is 0.124. The molecular formula is C24H25N5O4S. The number of aryl methyl sites for hydroxylation is 1. The first-order valence-electron chi connectivity index (χ1n) is 10.6. The average Bonchev–Trinajstić information content (AvgIpc) is 3.27. The third kappa shape index (κ3) is 5.23. The van der Waals surface area contributed by atoms with Crippen LogP contribution in [0.2, 0.25) is 0 Å². The van der Waals surface area contributed by atoms with Crippen molar-refractivity contribution in [1.29, 1.82) is 0 Å². The maximum absolute atomic E-state index is 12.5. The fraction of sp³-hybridized carbons (Fsp3) is 0.250. The van der Waals surface area contributed by atoms with E-state index in [1.807, 2.05) is 49.4 Å². The Labute approximate surface area is 200 Å². The highest BCUT2D eigenvalue weighted by Crippen LogP contribution is 2.27. The van der Waals surface area contributed by atoms with Crippen LogP contribution in [0.15, 0.2) is 58.6 Å². The number of carbonyl (C=O) groups is 1. The SMILES string of the molecule is COc1ccc(CCNC(=O)CSc2nc3c(cnn3-c3ccc(C)cc3)c(=O)[nH]2)cc1OC. The zero-order valence-corrected chi connectivity index (χ0v) is 19.9. The lowest BCUT2D eigenvalue weighted by Gasteiger charge is -2.10. The Kier molecular flexibility index (Phi) is 7.17. The Morgan fingerprint density at radius 1 is 1.12 bits per heavy atom. The number of ether oxygens (including phenoxy) is 2. The average molecular weight is 480 g/mol. The standard InChI is InChI=1S/C24H25N5O4S/c1-15-4-7-17(8-5-15)29-22-18(13-26-29)23(31)28-24(27-22)34-14-21(30)25-11-10-16-6-9-19(32-2)20(12-16)33-3/h4-9,12-13H,10-11,14H2,1-3H3,(H,25,30)(H,27,28,31). The number of H-pyrrole nitrogens is 1. The van der Waals surface area contributed by atoms with E-state index in [-0.39, 0.29) is 17.2 Å². The molecular weight excluding hydrogens is 454 g/mol. The van der Waals surface area contributed by atoms with Gasteiger partial charge < -0.3 is 19.8 Å². The predicted molar refractivity (Wildman–Crippen MR) is 131 cm³/mol. The number of rotatable bonds is 9. The van der Waals surface area contributed by atoms with Crippen molar-refractivity contribution in [3.63, 3.8) is 0 Å². The van der Waals surface area contributed by atoms with E-state index < -0.39 is 0 Å². The van der Waals surface area contributed by atoms with E-state index in [0.717, 1.165) is 16.8 Å². The molecule has 176 valence electrons. The van der Waals surface area contributed by atoms with Crippen LogP contribution in [0.25, 0.3) is 16.7 Å². The zero-order chi connectivity index (χ0) is 24.1. The van der Waals surface area contributed by atoms with Gasteiger partial charge in [0.25, 0.3) is 5.56 Å². The summed E-state index contributed by atoms with van der Waals surface area (Å²) >= 11 is 1.17. The Morgan fingerprint density at radius 2 is 1.88 bits per heavy atom. The minimum Gasteiger partial charge on any atom is -0.493 e. The van der Waals surface area contributed by atoms with Crippen LogP contribution >= 0.6 is 11.8 Å². The number of carbonyl (C=O) groups excluding carboxylic acids is 1. The summed E-state index contributed by atoms with van der Waals surface area (Å²) in [7, 11) is 3.18. The number of methoxy groups -OCH3 is 2. The summed E-state index contributed by atoms with van der Waals surface area (Å²) in [4.78, 5) is 32.1. The molecule has 0 aliphatic heterocycles. The monoisotopic (exact) mass is 479 g/mol. The molecule has 34 heavy (non-hydrogen) atoms. The summed E-state index contributed by atoms with van der Waals surface area (Å²) in [5, 5.41) is 7.96. The molecule has 0 unspecified atom stereocenters. The van der Waals surface area contributed by atoms with Gasteiger partial charge in [-0.05, 0) is 43.2 Å². The first-order valence-corrected chi connectivity index (χ1v) is 11.6. The van der Waals surface area contributed by atoms with Crippen molar-refractivity contribution in [2.45, 2.75) is 18.5 Å². The van der Waals surface area contributed by atoms with Crippen molar-refractivity contribution in [3.8, 4) is 17.2 Å². The van der Waals surface area contributed by atoms with Crippen molar-refractivity contribution < 1.29 is 14.3 Å². The molecule has 0 aliphatic rings. The predicted octanol–water partition coefficient (Wildman–Crippen LogP) is 2.89. The second-order valence-electron chi connectivity index (χ2n) is 7.58. The van der Waals surface area contributed by atoms with E-state index >= 15 is 0 Å². The molecule has 0 fully saturated rings. The van der Waals surface area contributed by atoms with Gasteiger partial charge >= 0.3 is 0 Å². The molecule has 4 aromatic rings. The third-order valence-electron chi connectivity index (χ3n) is 5.22. The van der Waals surface area contributed by atoms with E-state index in [9.17, 15) is 9.59 Å². The summed E-state index contributed by atoms with van der Waals surface area (Å²) < 4.78 is 12.2. The fourth-order valence-corrected chi connectivity index (χ4v) is 4.09. The summed E-state index contributed by atoms with van der Waals surface area (Å²) in [5.41, 5.74) is 3.11. The number of aromatic nitrogens is 4. The highest BCUT2D eigenvalue weighted by molar-refractivity contribution is 7.99. The fourth-order valence-electron chi connectivity index (χ4n) is 3.41. The van der Waals surface area contributed by atoms with Crippen LogP contribution in [0.3, 0.4) is 0 Å². The van der Waals surface area contributed by atoms with Crippen LogP contribution in [0.4, 0.5) is 0 Å². The summed E-state index contributed by atoms with van der Waals surface area (Å²) in [5.74, 6) is 1.28. The van der Waals surface area contributed by atoms with Gasteiger partial charge in [-0.2, -0.15) is 5.10 Å². The number of hydrogen-bond acceptors (Lipinski definition) is 7. The summed E-state index contributed by atoms with van der Waals surface area (Å²) in [6.45, 7) is 2.47. The molecule has 0 atom stereocenters. The molecule has 0 saturated carbocycles. The second-order valence-corrected chi connectivity index (χ2v) is 8.54. The molecule has 4 rings (SSSR count). The molecule has 2 heterocycles. The lowest BCUT2D eigenvalue weighted by molar-refractivity contribution is -0.118. The number of nitrogens with one attached hydrogen (secondary N) is 2. The molecule has 0 aliphatic carbocycles. The van der Waals surface area contributed by atoms with Gasteiger partial charge in [0.2, 0.25) is 5.91 Å². The van der Waals surface area contributed by atoms with Crippen molar-refractivity contribution in [1.82, 2.24) is 25.1 Å². The van der Waals surface area contributed by atoms with Crippen LogP contribution in [0, 0.1) is 6.92 Å². The van der Waals surface area contributed by atoms with Gasteiger partial charge in [-0.1, -0.05) is 35.5 Å². The maximum Gasteiger partial charge on any atom is 0.262 e. The highest BCUT2D eigenvalue weighted by Gasteiger charge is 2.13. The Hall–Kier alpha value is -3.79. The Balaban J connectivity index is 1.37. The number of hydrogen-bond donors (Lipinski definition) is 2. The van der Waals surface area contributed by atoms with Gasteiger partial charge in [-0.15, -0.1) is 0 Å². The normalized spacial score (nSPS) is 10.9. The van der Waals surface area contributed by atoms with Crippen LogP contribution in [0.1, 0.15) is 11.1 Å². The Morgan fingerprint density at radius 3 is 2.62 bits per heavy atom. The number of benzene rings is 2. The molecule has 2 aromatic heterocycles. The van der Waals surface area contributed by atoms with E-state index in [0.29, 0.717) is 40.7 Å². The van der Waals surface area contributed by atoms with E-state index in [4.69, 9.17) is 9.47 Å². The Bertz CT molecular complexity index is 1360. The van der Waals surface area contributed by atoms with Gasteiger partial charge in [0.15, 0.2) is 22.3 Å². The quantitative estimate of drug-likeness (QED) is 0.280. The van der Waals surface area contributed by atoms with Crippen LogP contribution in [-0.4, -0.2) is 52.2 Å². The number of nitrogens with zero attached hydrogens (tertiary/aromatic N) is 3. The zero-order valence-electron chi connectivity index (χ0n) is 19.1. The van der Waals surface area contributed by atoms with Gasteiger partial charge in [-0.3, -0.25) is 9.59 Å². The van der Waals surface area contributed by atoms with Crippen molar-refractivity contribution >= 4 is 28.7 Å². The lowest BCUT2D eigenvalue weighted by Crippen LogP contribution is -2.27. The number of aromatic amines is 1. The van der Waals surface area contributed by atoms with Gasteiger partial charge in [0.1, 0.15) is 5.39 Å². The van der Waals surface area contributed by atoms with Crippen LogP contribution in [-0.2, 0) is 11.2 Å². The molecule has 2 aromatic carbocycles. The van der Waals surface area contributed by atoms with Crippen molar-refractivity contribution in [2.24, 2.45) is 0 Å². The molecule has 0 bridgehead atoms. The largest absolute Gasteiger partial charge is 0.493 e. The highest BCUT2D eigenvalue weighted by atomic mass is 32.2. The van der Waals surface area contributed by atoms with Gasteiger partial charge in [0, 0.05) is 6.54 Å². The van der Waals surface area contributed by atoms with Gasteiger partial charge in [0.05, 0.1) is 31.9 Å². The lowest BCUT2D eigenvalue weighted by atomic mass is 10.1. The summed E-state index contributed by atoms with van der Waals surface area (Å²) in [6, 6.07) is 13.4. The maximum atomic E-state index is 12.5. The molecule has 0 radical (unpaired) electrons. The number of amides is 1. The number of thioether (sulfide) groups is 1. The van der Waals surface area contributed by atoms with Crippen molar-refractivity contribution in [2.75, 3.05) is 26.5 Å². The molecule has 1 amide bonds. The van der Waals surface area contributed by atoms with E-state index in [1.165, 1.54) is 18.0 Å². The smallest absolute Gasteiger partial charge is 0.262 e. The minimum atomic E-state index is -0.292.